The van der Waals surface area contributed by atoms with E-state index >= 15 is 0 Å². The summed E-state index contributed by atoms with van der Waals surface area (Å²) in [5.41, 5.74) is 5.00. The van der Waals surface area contributed by atoms with Gasteiger partial charge in [0.25, 0.3) is 5.91 Å². The van der Waals surface area contributed by atoms with E-state index in [0.717, 1.165) is 22.0 Å². The maximum Gasteiger partial charge on any atom is 0.257 e. The maximum atomic E-state index is 13.3. The van der Waals surface area contributed by atoms with Crippen LogP contribution in [0.5, 0.6) is 0 Å². The van der Waals surface area contributed by atoms with Gasteiger partial charge in [-0.1, -0.05) is 54.1 Å². The van der Waals surface area contributed by atoms with Gasteiger partial charge in [-0.15, -0.1) is 0 Å². The second-order valence-corrected chi connectivity index (χ2v) is 9.00. The minimum atomic E-state index is -0.483. The zero-order chi connectivity index (χ0) is 23.2. The minimum Gasteiger partial charge on any atom is -0.360 e. The summed E-state index contributed by atoms with van der Waals surface area (Å²) in [5, 5.41) is 0.915. The zero-order valence-electron chi connectivity index (χ0n) is 18.5. The third-order valence-corrected chi connectivity index (χ3v) is 7.19. The fraction of sp³-hybridized carbons (Fsp3) is 0.214. The fourth-order valence-electron chi connectivity index (χ4n) is 5.50. The van der Waals surface area contributed by atoms with Crippen LogP contribution in [0, 0.1) is 11.8 Å². The van der Waals surface area contributed by atoms with Gasteiger partial charge in [0.05, 0.1) is 17.0 Å². The second-order valence-electron chi connectivity index (χ2n) is 9.00. The molecule has 3 heterocycles. The first-order valence-corrected chi connectivity index (χ1v) is 11.6. The number of nitrogens with one attached hydrogen (secondary N) is 1. The van der Waals surface area contributed by atoms with Gasteiger partial charge in [0.2, 0.25) is 11.6 Å². The molecule has 1 N–H and O–H groups in total. The number of likely N-dealkylation sites (tertiary alicyclic amines) is 1. The summed E-state index contributed by atoms with van der Waals surface area (Å²) in [6.07, 6.45) is 14.3. The van der Waals surface area contributed by atoms with Gasteiger partial charge in [0.15, 0.2) is 0 Å². The third kappa shape index (κ3) is 3.17. The van der Waals surface area contributed by atoms with Crippen molar-refractivity contribution < 1.29 is 14.4 Å². The van der Waals surface area contributed by atoms with Gasteiger partial charge in [-0.2, -0.15) is 0 Å². The van der Waals surface area contributed by atoms with E-state index in [1.54, 1.807) is 18.5 Å². The first-order valence-electron chi connectivity index (χ1n) is 11.6. The van der Waals surface area contributed by atoms with Crippen LogP contribution in [0.15, 0.2) is 78.8 Å². The number of Topliss-reactive ketones (excluding diaryl/α,β-unsaturated/α-hetero) is 2. The minimum absolute atomic E-state index is 0.0328. The lowest BCUT2D eigenvalue weighted by atomic mass is 9.76. The summed E-state index contributed by atoms with van der Waals surface area (Å²) >= 11 is 0. The number of aromatic nitrogens is 2. The van der Waals surface area contributed by atoms with Crippen molar-refractivity contribution in [2.75, 3.05) is 13.1 Å². The molecule has 3 aliphatic rings. The lowest BCUT2D eigenvalue weighted by molar-refractivity contribution is -0.117. The highest BCUT2D eigenvalue weighted by Crippen LogP contribution is 2.43. The number of hydrogen-bond donors (Lipinski definition) is 1. The molecule has 6 heteroatoms. The number of nitrogens with zero attached hydrogens (tertiary/aromatic N) is 2. The molecule has 1 aliphatic heterocycles. The first kappa shape index (κ1) is 20.5. The van der Waals surface area contributed by atoms with Crippen LogP contribution >= 0.6 is 0 Å². The van der Waals surface area contributed by atoms with E-state index in [4.69, 9.17) is 0 Å². The number of aromatic amines is 1. The normalized spacial score (nSPS) is 22.1. The van der Waals surface area contributed by atoms with E-state index in [1.165, 1.54) is 5.57 Å². The van der Waals surface area contributed by atoms with Crippen molar-refractivity contribution in [3.63, 3.8) is 0 Å². The van der Waals surface area contributed by atoms with E-state index in [-0.39, 0.29) is 17.6 Å². The number of carbonyl (C=O) groups is 3. The monoisotopic (exact) mass is 449 g/mol. The molecule has 2 aromatic heterocycles. The molecule has 6 rings (SSSR count). The standard InChI is InChI=1S/C28H23N3O3/c32-26-21-7-3-1-5-19(21)24(20-6-2-4-8-22(20)27(26)33)17-10-13-31(14-11-17)28(34)23-16-29-15-18-9-12-30-25(18)23/h1-9,12,15-16,19,21,30H,10-11,13-14H2. The highest BCUT2D eigenvalue weighted by atomic mass is 16.2. The molecule has 168 valence electrons. The van der Waals surface area contributed by atoms with Crippen LogP contribution in [0.25, 0.3) is 16.5 Å². The highest BCUT2D eigenvalue weighted by molar-refractivity contribution is 6.46. The Morgan fingerprint density at radius 1 is 0.941 bits per heavy atom. The van der Waals surface area contributed by atoms with Crippen molar-refractivity contribution in [1.82, 2.24) is 14.9 Å². The molecule has 0 spiro atoms. The van der Waals surface area contributed by atoms with Crippen molar-refractivity contribution in [3.8, 4) is 0 Å². The predicted octanol–water partition coefficient (Wildman–Crippen LogP) is 4.38. The van der Waals surface area contributed by atoms with Crippen LogP contribution in [0.4, 0.5) is 0 Å². The summed E-state index contributed by atoms with van der Waals surface area (Å²) in [7, 11) is 0. The Labute approximate surface area is 196 Å². The van der Waals surface area contributed by atoms with Crippen molar-refractivity contribution in [2.24, 2.45) is 11.8 Å². The number of carbonyl (C=O) groups excluding carboxylic acids is 3. The lowest BCUT2D eigenvalue weighted by Gasteiger charge is -2.33. The van der Waals surface area contributed by atoms with E-state index in [2.05, 4.69) is 9.97 Å². The lowest BCUT2D eigenvalue weighted by Crippen LogP contribution is -2.37. The maximum absolute atomic E-state index is 13.3. The van der Waals surface area contributed by atoms with Gasteiger partial charge in [-0.25, -0.2) is 0 Å². The van der Waals surface area contributed by atoms with Crippen molar-refractivity contribution in [2.45, 2.75) is 12.8 Å². The molecule has 0 bridgehead atoms. The molecular formula is C28H23N3O3. The Morgan fingerprint density at radius 2 is 1.68 bits per heavy atom. The number of hydrogen-bond acceptors (Lipinski definition) is 4. The van der Waals surface area contributed by atoms with Gasteiger partial charge < -0.3 is 9.88 Å². The Balaban J connectivity index is 1.36. The van der Waals surface area contributed by atoms with E-state index < -0.39 is 11.7 Å². The number of rotatable bonds is 1. The molecule has 1 aromatic carbocycles. The largest absolute Gasteiger partial charge is 0.360 e. The molecule has 2 atom stereocenters. The Kier molecular flexibility index (Phi) is 4.87. The number of amides is 1. The van der Waals surface area contributed by atoms with Gasteiger partial charge in [-0.3, -0.25) is 19.4 Å². The molecule has 1 fully saturated rings. The SMILES string of the molecule is O=C1C(=O)C2C=CC=CC2C(=C2CCN(C(=O)c3cncc4cc[nH]c34)CC2)c2ccccc21. The summed E-state index contributed by atoms with van der Waals surface area (Å²) in [6.45, 7) is 1.16. The van der Waals surface area contributed by atoms with Crippen LogP contribution < -0.4 is 0 Å². The van der Waals surface area contributed by atoms with Gasteiger partial charge in [-0.05, 0) is 30.0 Å². The number of piperidine rings is 1. The predicted molar refractivity (Wildman–Crippen MR) is 129 cm³/mol. The zero-order valence-corrected chi connectivity index (χ0v) is 18.5. The number of fused-ring (bicyclic) bond motifs is 3. The molecule has 1 saturated heterocycles. The smallest absolute Gasteiger partial charge is 0.257 e. The second kappa shape index (κ2) is 8.06. The molecule has 0 saturated carbocycles. The van der Waals surface area contributed by atoms with Crippen LogP contribution in [0.1, 0.15) is 39.1 Å². The van der Waals surface area contributed by atoms with E-state index in [9.17, 15) is 14.4 Å². The number of H-pyrrole nitrogens is 1. The Bertz CT molecular complexity index is 1430. The molecule has 0 radical (unpaired) electrons. The average Bonchev–Trinajstić information content (AvgIpc) is 3.35. The molecule has 34 heavy (non-hydrogen) atoms. The summed E-state index contributed by atoms with van der Waals surface area (Å²) in [5.74, 6) is -1.45. The molecular weight excluding hydrogens is 426 g/mol. The van der Waals surface area contributed by atoms with E-state index in [0.29, 0.717) is 37.1 Å². The van der Waals surface area contributed by atoms with Crippen molar-refractivity contribution in [1.29, 1.82) is 0 Å². The fourth-order valence-corrected chi connectivity index (χ4v) is 5.50. The van der Waals surface area contributed by atoms with E-state index in [1.807, 2.05) is 59.7 Å². The number of pyridine rings is 1. The molecule has 1 amide bonds. The first-order chi connectivity index (χ1) is 16.6. The quantitative estimate of drug-likeness (QED) is 0.559. The summed E-state index contributed by atoms with van der Waals surface area (Å²) < 4.78 is 0. The van der Waals surface area contributed by atoms with Crippen LogP contribution in [-0.2, 0) is 4.79 Å². The highest BCUT2D eigenvalue weighted by Gasteiger charge is 2.40. The van der Waals surface area contributed by atoms with Crippen LogP contribution in [0.2, 0.25) is 0 Å². The number of ketones is 2. The number of benzene rings is 1. The van der Waals surface area contributed by atoms with Crippen molar-refractivity contribution in [3.05, 3.63) is 95.5 Å². The molecule has 2 aliphatic carbocycles. The topological polar surface area (TPSA) is 83.1 Å². The number of allylic oxidation sites excluding steroid dienone is 5. The van der Waals surface area contributed by atoms with Crippen molar-refractivity contribution >= 4 is 33.9 Å². The third-order valence-electron chi connectivity index (χ3n) is 7.19. The van der Waals surface area contributed by atoms with Gasteiger partial charge in [0.1, 0.15) is 0 Å². The summed E-state index contributed by atoms with van der Waals surface area (Å²) in [6, 6.07) is 9.34. The van der Waals surface area contributed by atoms with Crippen LogP contribution in [-0.4, -0.2) is 45.4 Å². The average molecular weight is 450 g/mol. The molecule has 2 unspecified atom stereocenters. The molecule has 6 nitrogen and oxygen atoms in total. The van der Waals surface area contributed by atoms with Gasteiger partial charge in [0, 0.05) is 48.5 Å². The van der Waals surface area contributed by atoms with Gasteiger partial charge >= 0.3 is 0 Å². The summed E-state index contributed by atoms with van der Waals surface area (Å²) in [4.78, 5) is 48.6. The Hall–Kier alpha value is -4.06. The van der Waals surface area contributed by atoms with Crippen LogP contribution in [0.3, 0.4) is 0 Å². The molecule has 3 aromatic rings. The Morgan fingerprint density at radius 3 is 2.47 bits per heavy atom.